The monoisotopic (exact) mass is 227 g/mol. The first-order chi connectivity index (χ1) is 7.50. The highest BCUT2D eigenvalue weighted by molar-refractivity contribution is 5.76. The summed E-state index contributed by atoms with van der Waals surface area (Å²) in [5.74, 6) is -3.07. The van der Waals surface area contributed by atoms with Gasteiger partial charge in [0.05, 0.1) is 5.92 Å². The van der Waals surface area contributed by atoms with Crippen molar-refractivity contribution in [2.24, 2.45) is 5.92 Å². The van der Waals surface area contributed by atoms with Crippen LogP contribution in [0.25, 0.3) is 0 Å². The first kappa shape index (κ1) is 10.9. The molecule has 0 spiro atoms. The van der Waals surface area contributed by atoms with E-state index in [1.807, 2.05) is 0 Å². The maximum absolute atomic E-state index is 13.0. The Morgan fingerprint density at radius 1 is 1.44 bits per heavy atom. The Labute approximate surface area is 91.3 Å². The lowest BCUT2D eigenvalue weighted by Crippen LogP contribution is -2.23. The zero-order valence-electron chi connectivity index (χ0n) is 8.65. The summed E-state index contributed by atoms with van der Waals surface area (Å²) >= 11 is 0. The number of benzene rings is 1. The number of anilines is 1. The lowest BCUT2D eigenvalue weighted by molar-refractivity contribution is -0.138. The van der Waals surface area contributed by atoms with Crippen LogP contribution in [0.5, 0.6) is 0 Å². The molecule has 0 saturated heterocycles. The van der Waals surface area contributed by atoms with Crippen LogP contribution >= 0.6 is 0 Å². The Morgan fingerprint density at radius 3 is 2.62 bits per heavy atom. The summed E-state index contributed by atoms with van der Waals surface area (Å²) in [5.41, 5.74) is 0.493. The molecule has 1 aliphatic carbocycles. The molecule has 0 aliphatic heterocycles. The van der Waals surface area contributed by atoms with Crippen molar-refractivity contribution in [3.8, 4) is 0 Å². The molecule has 1 aromatic carbocycles. The molecule has 86 valence electrons. The van der Waals surface area contributed by atoms with Gasteiger partial charge in [0.25, 0.3) is 0 Å². The number of halogens is 2. The van der Waals surface area contributed by atoms with Gasteiger partial charge in [0.15, 0.2) is 11.6 Å². The van der Waals surface area contributed by atoms with Crippen LogP contribution < -0.4 is 4.90 Å². The standard InChI is InChI=1S/C11H11F2NO2/c1-14(10-5-7(10)11(15)16)6-2-3-8(12)9(13)4-6/h2-4,7,10H,5H2,1H3,(H,15,16). The number of aliphatic carboxylic acids is 1. The summed E-state index contributed by atoms with van der Waals surface area (Å²) in [7, 11) is 1.68. The molecule has 1 saturated carbocycles. The number of carboxylic acid groups (broad SMARTS) is 1. The average molecular weight is 227 g/mol. The first-order valence-electron chi connectivity index (χ1n) is 4.91. The number of carboxylic acids is 1. The van der Waals surface area contributed by atoms with Crippen molar-refractivity contribution in [3.63, 3.8) is 0 Å². The van der Waals surface area contributed by atoms with Crippen LogP contribution in [0.2, 0.25) is 0 Å². The minimum atomic E-state index is -0.920. The smallest absolute Gasteiger partial charge is 0.308 e. The number of rotatable bonds is 3. The van der Waals surface area contributed by atoms with Crippen molar-refractivity contribution >= 4 is 11.7 Å². The van der Waals surface area contributed by atoms with Gasteiger partial charge in [-0.2, -0.15) is 0 Å². The first-order valence-corrected chi connectivity index (χ1v) is 4.91. The third-order valence-electron chi connectivity index (χ3n) is 2.88. The number of hydrogen-bond donors (Lipinski definition) is 1. The highest BCUT2D eigenvalue weighted by Gasteiger charge is 2.46. The van der Waals surface area contributed by atoms with Gasteiger partial charge in [-0.05, 0) is 18.6 Å². The molecule has 1 aromatic rings. The third-order valence-corrected chi connectivity index (χ3v) is 2.88. The van der Waals surface area contributed by atoms with Gasteiger partial charge < -0.3 is 10.0 Å². The van der Waals surface area contributed by atoms with Gasteiger partial charge in [-0.15, -0.1) is 0 Å². The largest absolute Gasteiger partial charge is 0.481 e. The van der Waals surface area contributed by atoms with E-state index >= 15 is 0 Å². The molecular weight excluding hydrogens is 216 g/mol. The van der Waals surface area contributed by atoms with E-state index in [9.17, 15) is 13.6 Å². The quantitative estimate of drug-likeness (QED) is 0.857. The van der Waals surface area contributed by atoms with Crippen LogP contribution in [0.15, 0.2) is 18.2 Å². The number of nitrogens with zero attached hydrogens (tertiary/aromatic N) is 1. The molecule has 2 rings (SSSR count). The fraction of sp³-hybridized carbons (Fsp3) is 0.364. The number of carbonyl (C=O) groups is 1. The molecule has 16 heavy (non-hydrogen) atoms. The highest BCUT2D eigenvalue weighted by atomic mass is 19.2. The van der Waals surface area contributed by atoms with Crippen molar-refractivity contribution in [2.45, 2.75) is 12.5 Å². The minimum Gasteiger partial charge on any atom is -0.481 e. The van der Waals surface area contributed by atoms with Gasteiger partial charge in [0.2, 0.25) is 0 Å². The van der Waals surface area contributed by atoms with E-state index in [0.29, 0.717) is 12.1 Å². The van der Waals surface area contributed by atoms with Crippen molar-refractivity contribution < 1.29 is 18.7 Å². The molecule has 0 bridgehead atoms. The molecule has 0 amide bonds. The highest BCUT2D eigenvalue weighted by Crippen LogP contribution is 2.37. The molecule has 2 unspecified atom stereocenters. The van der Waals surface area contributed by atoms with Crippen LogP contribution in [0, 0.1) is 17.6 Å². The van der Waals surface area contributed by atoms with E-state index < -0.39 is 23.5 Å². The van der Waals surface area contributed by atoms with Gasteiger partial charge in [-0.25, -0.2) is 8.78 Å². The Bertz CT molecular complexity index is 436. The Balaban J connectivity index is 2.13. The second kappa shape index (κ2) is 3.73. The van der Waals surface area contributed by atoms with Crippen LogP contribution in [-0.2, 0) is 4.79 Å². The van der Waals surface area contributed by atoms with Crippen LogP contribution in [0.1, 0.15) is 6.42 Å². The van der Waals surface area contributed by atoms with Crippen molar-refractivity contribution in [1.82, 2.24) is 0 Å². The molecule has 3 nitrogen and oxygen atoms in total. The molecular formula is C11H11F2NO2. The molecule has 1 N–H and O–H groups in total. The average Bonchev–Trinajstić information content (AvgIpc) is 3.01. The second-order valence-electron chi connectivity index (χ2n) is 3.96. The van der Waals surface area contributed by atoms with E-state index in [1.54, 1.807) is 11.9 Å². The lowest BCUT2D eigenvalue weighted by atomic mass is 10.2. The molecule has 0 heterocycles. The summed E-state index contributed by atoms with van der Waals surface area (Å²) in [6.45, 7) is 0. The van der Waals surface area contributed by atoms with Crippen molar-refractivity contribution in [3.05, 3.63) is 29.8 Å². The fourth-order valence-corrected chi connectivity index (χ4v) is 1.77. The van der Waals surface area contributed by atoms with Crippen LogP contribution in [0.4, 0.5) is 14.5 Å². The van der Waals surface area contributed by atoms with Gasteiger partial charge in [0, 0.05) is 24.8 Å². The van der Waals surface area contributed by atoms with E-state index in [2.05, 4.69) is 0 Å². The summed E-state index contributed by atoms with van der Waals surface area (Å²) in [6, 6.07) is 3.43. The topological polar surface area (TPSA) is 40.5 Å². The summed E-state index contributed by atoms with van der Waals surface area (Å²) < 4.78 is 25.7. The minimum absolute atomic E-state index is 0.123. The van der Waals surface area contributed by atoms with Crippen LogP contribution in [-0.4, -0.2) is 24.2 Å². The summed E-state index contributed by atoms with van der Waals surface area (Å²) in [5, 5.41) is 8.76. The molecule has 5 heteroatoms. The van der Waals surface area contributed by atoms with E-state index in [-0.39, 0.29) is 6.04 Å². The second-order valence-corrected chi connectivity index (χ2v) is 3.96. The Hall–Kier alpha value is -1.65. The van der Waals surface area contributed by atoms with E-state index in [0.717, 1.165) is 12.1 Å². The molecule has 1 aliphatic rings. The Kier molecular flexibility index (Phi) is 2.53. The van der Waals surface area contributed by atoms with Crippen molar-refractivity contribution in [2.75, 3.05) is 11.9 Å². The zero-order chi connectivity index (χ0) is 11.9. The SMILES string of the molecule is CN(c1ccc(F)c(F)c1)C1CC1C(=O)O. The predicted octanol–water partition coefficient (Wildman–Crippen LogP) is 1.87. The van der Waals surface area contributed by atoms with Gasteiger partial charge in [-0.1, -0.05) is 0 Å². The summed E-state index contributed by atoms with van der Waals surface area (Å²) in [4.78, 5) is 12.3. The van der Waals surface area contributed by atoms with Crippen LogP contribution in [0.3, 0.4) is 0 Å². The van der Waals surface area contributed by atoms with E-state index in [4.69, 9.17) is 5.11 Å². The summed E-state index contributed by atoms with van der Waals surface area (Å²) in [6.07, 6.45) is 0.546. The normalized spacial score (nSPS) is 22.9. The maximum atomic E-state index is 13.0. The molecule has 2 atom stereocenters. The third kappa shape index (κ3) is 1.85. The van der Waals surface area contributed by atoms with Gasteiger partial charge in [0.1, 0.15) is 0 Å². The molecule has 0 radical (unpaired) electrons. The van der Waals surface area contributed by atoms with Gasteiger partial charge >= 0.3 is 5.97 Å². The lowest BCUT2D eigenvalue weighted by Gasteiger charge is -2.19. The molecule has 0 aromatic heterocycles. The maximum Gasteiger partial charge on any atom is 0.308 e. The van der Waals surface area contributed by atoms with Gasteiger partial charge in [-0.3, -0.25) is 4.79 Å². The number of hydrogen-bond acceptors (Lipinski definition) is 2. The zero-order valence-corrected chi connectivity index (χ0v) is 8.65. The van der Waals surface area contributed by atoms with E-state index in [1.165, 1.54) is 6.07 Å². The molecule has 1 fully saturated rings. The Morgan fingerprint density at radius 2 is 2.12 bits per heavy atom. The predicted molar refractivity (Wildman–Crippen MR) is 54.3 cm³/mol. The van der Waals surface area contributed by atoms with Crippen molar-refractivity contribution in [1.29, 1.82) is 0 Å². The fourth-order valence-electron chi connectivity index (χ4n) is 1.77.